The summed E-state index contributed by atoms with van der Waals surface area (Å²) in [5.41, 5.74) is 10.9. The van der Waals surface area contributed by atoms with Crippen molar-refractivity contribution in [3.63, 3.8) is 0 Å². The Bertz CT molecular complexity index is 2050. The van der Waals surface area contributed by atoms with Crippen LogP contribution >= 0.6 is 0 Å². The number of fused-ring (bicyclic) bond motifs is 2. The minimum absolute atomic E-state index is 0.0227. The minimum Gasteiger partial charge on any atom is -0.508 e. The Balaban J connectivity index is 1.43. The maximum atomic E-state index is 13.3. The summed E-state index contributed by atoms with van der Waals surface area (Å²) in [7, 11) is 0. The molecule has 1 fully saturated rings. The summed E-state index contributed by atoms with van der Waals surface area (Å²) in [6.45, 7) is -0.866. The number of aryl methyl sites for hydroxylation is 1. The number of guanidine groups is 1. The number of allylic oxidation sites excluding steroid dienone is 1. The van der Waals surface area contributed by atoms with Crippen molar-refractivity contribution >= 4 is 34.5 Å². The molecule has 1 aromatic heterocycles. The van der Waals surface area contributed by atoms with Gasteiger partial charge in [-0.2, -0.15) is 0 Å². The highest BCUT2D eigenvalue weighted by Crippen LogP contribution is 2.44. The SMILES string of the molecule is NC(N)=NC[C@]1(O)[C@H](O)[C@@H](C(=O)O)O[C@@H](Oc2cc3oc(-c4ccc(O)cc4C4=Cc5ccccc5CC4)cc(=O)c3c(O)c2O)[C@@H]1O. The molecule has 15 nitrogen and oxygen atoms in total. The van der Waals surface area contributed by atoms with Crippen molar-refractivity contribution in [2.24, 2.45) is 16.5 Å². The predicted octanol–water partition coefficient (Wildman–Crippen LogP) is 0.978. The van der Waals surface area contributed by atoms with Crippen LogP contribution in [0, 0.1) is 0 Å². The molecule has 2 aliphatic rings. The number of rotatable bonds is 7. The van der Waals surface area contributed by atoms with Crippen LogP contribution in [-0.2, 0) is 16.0 Å². The minimum atomic E-state index is -2.71. The Labute approximate surface area is 270 Å². The molecule has 3 aromatic carbocycles. The van der Waals surface area contributed by atoms with Crippen LogP contribution in [0.3, 0.4) is 0 Å². The second kappa shape index (κ2) is 12.2. The standard InChI is InChI=1S/C33H31N3O12/c34-32(35)36-13-33(45)28(41)27(30(43)44)48-31(29(33)42)47-23-12-22-24(26(40)25(23)39)20(38)11-21(46-22)18-8-7-17(37)10-19(18)16-6-5-14-3-1-2-4-15(14)9-16/h1-4,7-12,27-29,31,37,39-42,45H,5-6,13H2,(H,43,44)(H4,34,35,36)/t27-,28+,29-,31+,33-/m0/s1. The molecule has 0 radical (unpaired) electrons. The van der Waals surface area contributed by atoms with Gasteiger partial charge in [-0.05, 0) is 53.3 Å². The van der Waals surface area contributed by atoms with Crippen molar-refractivity contribution in [1.29, 1.82) is 0 Å². The molecule has 0 spiro atoms. The van der Waals surface area contributed by atoms with Crippen molar-refractivity contribution in [2.45, 2.75) is 43.0 Å². The molecule has 5 atom stereocenters. The van der Waals surface area contributed by atoms with Crippen LogP contribution < -0.4 is 21.6 Å². The molecular weight excluding hydrogens is 630 g/mol. The molecule has 1 saturated heterocycles. The van der Waals surface area contributed by atoms with E-state index in [0.29, 0.717) is 17.5 Å². The summed E-state index contributed by atoms with van der Waals surface area (Å²) >= 11 is 0. The number of hydrogen-bond donors (Lipinski definition) is 9. The summed E-state index contributed by atoms with van der Waals surface area (Å²) in [5, 5.41) is 73.7. The number of aliphatic hydroxyl groups is 3. The normalized spacial score (nSPS) is 23.6. The Hall–Kier alpha value is -5.61. The van der Waals surface area contributed by atoms with Crippen LogP contribution in [-0.4, -0.2) is 84.4 Å². The molecule has 15 heteroatoms. The molecule has 0 unspecified atom stereocenters. The van der Waals surface area contributed by atoms with Gasteiger partial charge in [0.05, 0.1) is 6.54 Å². The number of aromatic hydroxyl groups is 3. The lowest BCUT2D eigenvalue weighted by molar-refractivity contribution is -0.303. The van der Waals surface area contributed by atoms with Gasteiger partial charge in [0.1, 0.15) is 40.3 Å². The van der Waals surface area contributed by atoms with Crippen molar-refractivity contribution in [1.82, 2.24) is 0 Å². The third-order valence-electron chi connectivity index (χ3n) is 8.45. The summed E-state index contributed by atoms with van der Waals surface area (Å²) < 4.78 is 16.8. The van der Waals surface area contributed by atoms with Crippen LogP contribution in [0.1, 0.15) is 23.1 Å². The van der Waals surface area contributed by atoms with Gasteiger partial charge in [0.2, 0.25) is 12.0 Å². The van der Waals surface area contributed by atoms with Gasteiger partial charge in [-0.3, -0.25) is 9.79 Å². The van der Waals surface area contributed by atoms with E-state index in [0.717, 1.165) is 35.3 Å². The number of nitrogens with zero attached hydrogens (tertiary/aromatic N) is 1. The second-order valence-electron chi connectivity index (χ2n) is 11.5. The molecular formula is C33H31N3O12. The summed E-state index contributed by atoms with van der Waals surface area (Å²) in [6, 6.07) is 14.5. The Kier molecular flexibility index (Phi) is 8.22. The highest BCUT2D eigenvalue weighted by atomic mass is 16.7. The zero-order chi connectivity index (χ0) is 34.5. The quantitative estimate of drug-likeness (QED) is 0.0759. The molecule has 0 bridgehead atoms. The third-order valence-corrected chi connectivity index (χ3v) is 8.45. The fourth-order valence-corrected chi connectivity index (χ4v) is 5.93. The topological polar surface area (TPSA) is 272 Å². The number of carbonyl (C=O) groups is 1. The number of phenolic OH excluding ortho intramolecular Hbond substituents is 3. The Morgan fingerprint density at radius 2 is 1.73 bits per heavy atom. The van der Waals surface area contributed by atoms with Gasteiger partial charge in [-0.15, -0.1) is 0 Å². The zero-order valence-electron chi connectivity index (χ0n) is 25.0. The lowest BCUT2D eigenvalue weighted by atomic mass is 9.84. The number of ether oxygens (including phenoxy) is 2. The number of aliphatic hydroxyl groups excluding tert-OH is 2. The zero-order valence-corrected chi connectivity index (χ0v) is 25.0. The number of hydrogen-bond acceptors (Lipinski definition) is 12. The number of aliphatic carboxylic acids is 1. The van der Waals surface area contributed by atoms with E-state index in [9.17, 15) is 45.3 Å². The first kappa shape index (κ1) is 32.3. The van der Waals surface area contributed by atoms with Gasteiger partial charge in [0.15, 0.2) is 29.0 Å². The fraction of sp³-hybridized carbons (Fsp3) is 0.242. The monoisotopic (exact) mass is 661 g/mol. The number of carboxylic acids is 1. The molecule has 250 valence electrons. The Morgan fingerprint density at radius 3 is 2.46 bits per heavy atom. The average molecular weight is 662 g/mol. The highest BCUT2D eigenvalue weighted by Gasteiger charge is 2.58. The van der Waals surface area contributed by atoms with Gasteiger partial charge >= 0.3 is 5.97 Å². The fourth-order valence-electron chi connectivity index (χ4n) is 5.93. The predicted molar refractivity (Wildman–Crippen MR) is 170 cm³/mol. The van der Waals surface area contributed by atoms with Crippen molar-refractivity contribution in [3.05, 3.63) is 81.5 Å². The highest BCUT2D eigenvalue weighted by molar-refractivity contribution is 5.93. The first-order valence-electron chi connectivity index (χ1n) is 14.6. The van der Waals surface area contributed by atoms with E-state index in [4.69, 9.17) is 25.4 Å². The molecule has 11 N–H and O–H groups in total. The average Bonchev–Trinajstić information content (AvgIpc) is 3.05. The van der Waals surface area contributed by atoms with Gasteiger partial charge in [-0.1, -0.05) is 30.3 Å². The molecule has 6 rings (SSSR count). The number of nitrogens with two attached hydrogens (primary N) is 2. The molecule has 48 heavy (non-hydrogen) atoms. The van der Waals surface area contributed by atoms with Crippen molar-refractivity contribution in [2.75, 3.05) is 6.54 Å². The van der Waals surface area contributed by atoms with Crippen LogP contribution in [0.25, 0.3) is 33.9 Å². The largest absolute Gasteiger partial charge is 0.508 e. The molecule has 4 aromatic rings. The first-order chi connectivity index (χ1) is 22.8. The van der Waals surface area contributed by atoms with Crippen LogP contribution in [0.15, 0.2) is 68.8 Å². The molecule has 0 saturated carbocycles. The summed E-state index contributed by atoms with van der Waals surface area (Å²) in [5.74, 6) is -4.88. The van der Waals surface area contributed by atoms with E-state index in [1.165, 1.54) is 6.07 Å². The second-order valence-corrected chi connectivity index (χ2v) is 11.5. The number of phenols is 3. The van der Waals surface area contributed by atoms with Gasteiger partial charge < -0.3 is 61.1 Å². The van der Waals surface area contributed by atoms with E-state index in [-0.39, 0.29) is 17.1 Å². The van der Waals surface area contributed by atoms with Crippen molar-refractivity contribution < 1.29 is 54.4 Å². The first-order valence-corrected chi connectivity index (χ1v) is 14.6. The van der Waals surface area contributed by atoms with Gasteiger partial charge in [0.25, 0.3) is 0 Å². The summed E-state index contributed by atoms with van der Waals surface area (Å²) in [4.78, 5) is 28.7. The Morgan fingerprint density at radius 1 is 0.979 bits per heavy atom. The molecule has 2 heterocycles. The van der Waals surface area contributed by atoms with E-state index in [1.807, 2.05) is 30.3 Å². The van der Waals surface area contributed by atoms with E-state index in [2.05, 4.69) is 4.99 Å². The number of aliphatic imine (C=N–C) groups is 1. The maximum absolute atomic E-state index is 13.3. The van der Waals surface area contributed by atoms with Crippen molar-refractivity contribution in [3.8, 4) is 34.3 Å². The van der Waals surface area contributed by atoms with Gasteiger partial charge in [-0.25, -0.2) is 4.79 Å². The maximum Gasteiger partial charge on any atom is 0.335 e. The molecule has 1 aliphatic heterocycles. The van der Waals surface area contributed by atoms with Gasteiger partial charge in [0, 0.05) is 17.7 Å². The number of carboxylic acid groups (broad SMARTS) is 1. The third kappa shape index (κ3) is 5.64. The number of benzene rings is 3. The summed E-state index contributed by atoms with van der Waals surface area (Å²) in [6.07, 6.45) is -5.35. The molecule has 1 aliphatic carbocycles. The lowest BCUT2D eigenvalue weighted by Crippen LogP contribution is -2.70. The van der Waals surface area contributed by atoms with E-state index >= 15 is 0 Å². The lowest BCUT2D eigenvalue weighted by Gasteiger charge is -2.45. The molecule has 0 amide bonds. The van der Waals surface area contributed by atoms with Crippen LogP contribution in [0.2, 0.25) is 0 Å². The smallest absolute Gasteiger partial charge is 0.335 e. The van der Waals surface area contributed by atoms with Crippen LogP contribution in [0.4, 0.5) is 0 Å². The van der Waals surface area contributed by atoms with E-state index in [1.54, 1.807) is 12.1 Å². The van der Waals surface area contributed by atoms with E-state index < -0.39 is 76.7 Å². The van der Waals surface area contributed by atoms with Crippen LogP contribution in [0.5, 0.6) is 23.0 Å².